The number of rotatable bonds is 3. The lowest BCUT2D eigenvalue weighted by Gasteiger charge is -2.04. The van der Waals surface area contributed by atoms with Gasteiger partial charge >= 0.3 is 0 Å². The van der Waals surface area contributed by atoms with E-state index in [0.717, 1.165) is 11.5 Å². The lowest BCUT2D eigenvalue weighted by molar-refractivity contribution is 0.882. The summed E-state index contributed by atoms with van der Waals surface area (Å²) in [4.78, 5) is 19.0. The van der Waals surface area contributed by atoms with Crippen LogP contribution in [0.2, 0.25) is 0 Å². The number of hydrogen-bond donors (Lipinski definition) is 1. The van der Waals surface area contributed by atoms with Crippen molar-refractivity contribution in [1.82, 2.24) is 9.97 Å². The summed E-state index contributed by atoms with van der Waals surface area (Å²) < 4.78 is 0. The van der Waals surface area contributed by atoms with E-state index in [1.54, 1.807) is 6.07 Å². The number of nitrogens with zero attached hydrogens (tertiary/aromatic N) is 1. The zero-order valence-electron chi connectivity index (χ0n) is 10.4. The second kappa shape index (κ2) is 4.41. The molecule has 1 fully saturated rings. The number of benzene rings is 1. The predicted octanol–water partition coefficient (Wildman–Crippen LogP) is 2.55. The highest BCUT2D eigenvalue weighted by atomic mass is 16.1. The van der Waals surface area contributed by atoms with Gasteiger partial charge in [-0.2, -0.15) is 0 Å². The first-order chi connectivity index (χ1) is 8.70. The fourth-order valence-electron chi connectivity index (χ4n) is 2.22. The molecule has 1 N–H and O–H groups in total. The number of H-pyrrole nitrogens is 1. The van der Waals surface area contributed by atoms with Crippen LogP contribution >= 0.6 is 0 Å². The Morgan fingerprint density at radius 1 is 1.33 bits per heavy atom. The van der Waals surface area contributed by atoms with Crippen LogP contribution < -0.4 is 5.56 Å². The van der Waals surface area contributed by atoms with Crippen molar-refractivity contribution < 1.29 is 0 Å². The third kappa shape index (κ3) is 2.50. The van der Waals surface area contributed by atoms with E-state index in [1.807, 2.05) is 6.07 Å². The first kappa shape index (κ1) is 11.2. The maximum absolute atomic E-state index is 11.6. The van der Waals surface area contributed by atoms with Gasteiger partial charge in [0.1, 0.15) is 5.82 Å². The van der Waals surface area contributed by atoms with Crippen molar-refractivity contribution in [3.8, 4) is 0 Å². The van der Waals surface area contributed by atoms with Crippen molar-refractivity contribution in [2.75, 3.05) is 0 Å². The summed E-state index contributed by atoms with van der Waals surface area (Å²) in [6.07, 6.45) is 3.03. The molecule has 0 atom stereocenters. The van der Waals surface area contributed by atoms with Gasteiger partial charge in [-0.25, -0.2) is 4.98 Å². The van der Waals surface area contributed by atoms with Gasteiger partial charge in [0.15, 0.2) is 0 Å². The quantitative estimate of drug-likeness (QED) is 0.896. The van der Waals surface area contributed by atoms with Crippen LogP contribution in [0.3, 0.4) is 0 Å². The van der Waals surface area contributed by atoms with Crippen molar-refractivity contribution in [1.29, 1.82) is 0 Å². The fraction of sp³-hybridized carbons (Fsp3) is 0.333. The molecule has 1 aliphatic carbocycles. The lowest BCUT2D eigenvalue weighted by atomic mass is 10.1. The molecule has 3 nitrogen and oxygen atoms in total. The third-order valence-corrected chi connectivity index (χ3v) is 3.26. The minimum atomic E-state index is -0.0328. The highest BCUT2D eigenvalue weighted by Gasteiger charge is 2.25. The molecule has 0 bridgehead atoms. The molecule has 1 aromatic carbocycles. The molecular weight excluding hydrogens is 224 g/mol. The van der Waals surface area contributed by atoms with Gasteiger partial charge in [-0.3, -0.25) is 4.79 Å². The first-order valence-electron chi connectivity index (χ1n) is 6.36. The van der Waals surface area contributed by atoms with E-state index in [0.29, 0.717) is 12.3 Å². The first-order valence-corrected chi connectivity index (χ1v) is 6.36. The Labute approximate surface area is 106 Å². The van der Waals surface area contributed by atoms with Crippen LogP contribution in [0.4, 0.5) is 0 Å². The highest BCUT2D eigenvalue weighted by Crippen LogP contribution is 2.38. The zero-order valence-corrected chi connectivity index (χ0v) is 10.4. The zero-order chi connectivity index (χ0) is 12.5. The van der Waals surface area contributed by atoms with Crippen molar-refractivity contribution in [2.45, 2.75) is 32.1 Å². The summed E-state index contributed by atoms with van der Waals surface area (Å²) in [5.74, 6) is 1.29. The van der Waals surface area contributed by atoms with E-state index >= 15 is 0 Å². The Bertz CT molecular complexity index is 626. The molecule has 18 heavy (non-hydrogen) atoms. The van der Waals surface area contributed by atoms with E-state index in [1.165, 1.54) is 24.0 Å². The number of hydrogen-bond acceptors (Lipinski definition) is 2. The molecule has 3 heteroatoms. The van der Waals surface area contributed by atoms with Crippen molar-refractivity contribution in [3.05, 3.63) is 63.3 Å². The van der Waals surface area contributed by atoms with Crippen molar-refractivity contribution in [3.63, 3.8) is 0 Å². The fourth-order valence-corrected chi connectivity index (χ4v) is 2.22. The SMILES string of the molecule is Cc1cccc(Cc2nc(C3CC3)cc(=O)[nH]2)c1. The second-order valence-electron chi connectivity index (χ2n) is 5.06. The van der Waals surface area contributed by atoms with Crippen LogP contribution in [0.1, 0.15) is 41.4 Å². The molecule has 0 unspecified atom stereocenters. The number of aromatic amines is 1. The van der Waals surface area contributed by atoms with Crippen LogP contribution in [-0.4, -0.2) is 9.97 Å². The highest BCUT2D eigenvalue weighted by molar-refractivity contribution is 5.25. The monoisotopic (exact) mass is 240 g/mol. The van der Waals surface area contributed by atoms with Crippen LogP contribution in [0.25, 0.3) is 0 Å². The van der Waals surface area contributed by atoms with Crippen LogP contribution in [0.5, 0.6) is 0 Å². The summed E-state index contributed by atoms with van der Waals surface area (Å²) >= 11 is 0. The Morgan fingerprint density at radius 3 is 2.89 bits per heavy atom. The van der Waals surface area contributed by atoms with E-state index in [2.05, 4.69) is 35.1 Å². The van der Waals surface area contributed by atoms with Gasteiger partial charge in [0.2, 0.25) is 0 Å². The van der Waals surface area contributed by atoms with Gasteiger partial charge < -0.3 is 4.98 Å². The van der Waals surface area contributed by atoms with Gasteiger partial charge in [-0.05, 0) is 25.3 Å². The van der Waals surface area contributed by atoms with E-state index in [-0.39, 0.29) is 5.56 Å². The average molecular weight is 240 g/mol. The summed E-state index contributed by atoms with van der Waals surface area (Å²) in [5, 5.41) is 0. The molecule has 1 saturated carbocycles. The molecule has 3 rings (SSSR count). The molecule has 1 aliphatic rings. The Kier molecular flexibility index (Phi) is 2.74. The maximum atomic E-state index is 11.6. The van der Waals surface area contributed by atoms with Gasteiger partial charge in [0.25, 0.3) is 5.56 Å². The largest absolute Gasteiger partial charge is 0.310 e. The Morgan fingerprint density at radius 2 is 2.17 bits per heavy atom. The topological polar surface area (TPSA) is 45.8 Å². The molecule has 0 spiro atoms. The number of aromatic nitrogens is 2. The molecule has 92 valence electrons. The molecule has 1 heterocycles. The van der Waals surface area contributed by atoms with E-state index in [9.17, 15) is 4.79 Å². The molecule has 0 saturated heterocycles. The molecule has 0 aliphatic heterocycles. The van der Waals surface area contributed by atoms with E-state index in [4.69, 9.17) is 0 Å². The minimum absolute atomic E-state index is 0.0328. The normalized spacial score (nSPS) is 14.7. The summed E-state index contributed by atoms with van der Waals surface area (Å²) in [6.45, 7) is 2.07. The van der Waals surface area contributed by atoms with Crippen LogP contribution in [0.15, 0.2) is 35.1 Å². The van der Waals surface area contributed by atoms with Crippen molar-refractivity contribution in [2.24, 2.45) is 0 Å². The van der Waals surface area contributed by atoms with Crippen LogP contribution in [-0.2, 0) is 6.42 Å². The van der Waals surface area contributed by atoms with E-state index < -0.39 is 0 Å². The lowest BCUT2D eigenvalue weighted by Crippen LogP contribution is -2.12. The van der Waals surface area contributed by atoms with Gasteiger partial charge in [-0.15, -0.1) is 0 Å². The number of nitrogens with one attached hydrogen (secondary N) is 1. The van der Waals surface area contributed by atoms with Gasteiger partial charge in [0.05, 0.1) is 5.69 Å². The Hall–Kier alpha value is -1.90. The maximum Gasteiger partial charge on any atom is 0.251 e. The van der Waals surface area contributed by atoms with Gasteiger partial charge in [-0.1, -0.05) is 29.8 Å². The standard InChI is InChI=1S/C15H16N2O/c1-10-3-2-4-11(7-10)8-14-16-13(12-5-6-12)9-15(18)17-14/h2-4,7,9,12H,5-6,8H2,1H3,(H,16,17,18). The summed E-state index contributed by atoms with van der Waals surface area (Å²) in [6, 6.07) is 9.94. The third-order valence-electron chi connectivity index (χ3n) is 3.26. The smallest absolute Gasteiger partial charge is 0.251 e. The van der Waals surface area contributed by atoms with Gasteiger partial charge in [0, 0.05) is 18.4 Å². The average Bonchev–Trinajstić information content (AvgIpc) is 3.11. The molecule has 0 amide bonds. The molecule has 2 aromatic rings. The van der Waals surface area contributed by atoms with Crippen LogP contribution in [0, 0.1) is 6.92 Å². The summed E-state index contributed by atoms with van der Waals surface area (Å²) in [5.41, 5.74) is 3.34. The second-order valence-corrected chi connectivity index (χ2v) is 5.06. The molecular formula is C15H16N2O. The minimum Gasteiger partial charge on any atom is -0.310 e. The summed E-state index contributed by atoms with van der Waals surface area (Å²) in [7, 11) is 0. The number of aryl methyl sites for hydroxylation is 1. The molecule has 1 aromatic heterocycles. The molecule has 0 radical (unpaired) electrons. The predicted molar refractivity (Wildman–Crippen MR) is 70.8 cm³/mol. The van der Waals surface area contributed by atoms with Crippen molar-refractivity contribution >= 4 is 0 Å². The Balaban J connectivity index is 1.90.